The summed E-state index contributed by atoms with van der Waals surface area (Å²) in [6, 6.07) is 4.83. The summed E-state index contributed by atoms with van der Waals surface area (Å²) in [4.78, 5) is 0. The highest BCUT2D eigenvalue weighted by Crippen LogP contribution is 2.22. The highest BCUT2D eigenvalue weighted by molar-refractivity contribution is 5.29. The van der Waals surface area contributed by atoms with E-state index in [2.05, 4.69) is 0 Å². The lowest BCUT2D eigenvalue weighted by molar-refractivity contribution is 0.168. The Hall–Kier alpha value is -0.890. The third-order valence-corrected chi connectivity index (χ3v) is 1.99. The molecule has 0 heterocycles. The molecule has 1 unspecified atom stereocenters. The van der Waals surface area contributed by atoms with E-state index in [1.807, 2.05) is 6.92 Å². The molecule has 1 rings (SSSR count). The van der Waals surface area contributed by atoms with E-state index in [4.69, 9.17) is 0 Å². The molecule has 2 heteroatoms. The lowest BCUT2D eigenvalue weighted by Crippen LogP contribution is -2.01. The van der Waals surface area contributed by atoms with Gasteiger partial charge in [-0.2, -0.15) is 0 Å². The van der Waals surface area contributed by atoms with E-state index in [-0.39, 0.29) is 5.82 Å². The summed E-state index contributed by atoms with van der Waals surface area (Å²) in [7, 11) is 0. The average molecular weight is 168 g/mol. The van der Waals surface area contributed by atoms with E-state index in [0.29, 0.717) is 12.0 Å². The van der Waals surface area contributed by atoms with E-state index in [0.717, 1.165) is 5.56 Å². The molecule has 1 aromatic carbocycles. The SMILES string of the molecule is CCC(O)c1c(C)cccc1F. The normalized spacial score (nSPS) is 13.0. The predicted molar refractivity (Wildman–Crippen MR) is 46.4 cm³/mol. The fraction of sp³-hybridized carbons (Fsp3) is 0.400. The van der Waals surface area contributed by atoms with Crippen molar-refractivity contribution in [3.8, 4) is 0 Å². The molecule has 0 saturated heterocycles. The summed E-state index contributed by atoms with van der Waals surface area (Å²) in [6.07, 6.45) is -0.131. The molecule has 0 aliphatic carbocycles. The summed E-state index contributed by atoms with van der Waals surface area (Å²) in [6.45, 7) is 3.63. The fourth-order valence-electron chi connectivity index (χ4n) is 1.27. The lowest BCUT2D eigenvalue weighted by Gasteiger charge is -2.11. The van der Waals surface area contributed by atoms with Crippen LogP contribution >= 0.6 is 0 Å². The second-order valence-corrected chi connectivity index (χ2v) is 2.89. The number of aliphatic hydroxyl groups is 1. The summed E-state index contributed by atoms with van der Waals surface area (Å²) in [5, 5.41) is 9.45. The number of halogens is 1. The first-order valence-corrected chi connectivity index (χ1v) is 4.10. The van der Waals surface area contributed by atoms with Gasteiger partial charge in [-0.15, -0.1) is 0 Å². The van der Waals surface area contributed by atoms with Gasteiger partial charge < -0.3 is 5.11 Å². The van der Waals surface area contributed by atoms with Gasteiger partial charge in [-0.05, 0) is 25.0 Å². The molecule has 0 aliphatic heterocycles. The number of benzene rings is 1. The molecule has 0 spiro atoms. The molecule has 0 saturated carbocycles. The molecule has 0 aliphatic rings. The van der Waals surface area contributed by atoms with Gasteiger partial charge in [0.15, 0.2) is 0 Å². The number of hydrogen-bond donors (Lipinski definition) is 1. The third-order valence-electron chi connectivity index (χ3n) is 1.99. The van der Waals surface area contributed by atoms with E-state index >= 15 is 0 Å². The first kappa shape index (κ1) is 9.20. The Morgan fingerprint density at radius 2 is 2.17 bits per heavy atom. The van der Waals surface area contributed by atoms with Crippen molar-refractivity contribution in [2.24, 2.45) is 0 Å². The van der Waals surface area contributed by atoms with Gasteiger partial charge in [0.25, 0.3) is 0 Å². The fourth-order valence-corrected chi connectivity index (χ4v) is 1.27. The van der Waals surface area contributed by atoms with Gasteiger partial charge in [-0.25, -0.2) is 4.39 Å². The molecule has 0 aromatic heterocycles. The van der Waals surface area contributed by atoms with E-state index in [9.17, 15) is 9.50 Å². The van der Waals surface area contributed by atoms with Gasteiger partial charge in [0, 0.05) is 5.56 Å². The van der Waals surface area contributed by atoms with Crippen LogP contribution in [0.1, 0.15) is 30.6 Å². The minimum Gasteiger partial charge on any atom is -0.388 e. The molecular weight excluding hydrogens is 155 g/mol. The Labute approximate surface area is 71.9 Å². The predicted octanol–water partition coefficient (Wildman–Crippen LogP) is 2.58. The maximum absolute atomic E-state index is 13.1. The molecular formula is C10H13FO. The minimum atomic E-state index is -0.675. The summed E-state index contributed by atoms with van der Waals surface area (Å²) in [5.74, 6) is -0.315. The van der Waals surface area contributed by atoms with Gasteiger partial charge in [0.2, 0.25) is 0 Å². The second-order valence-electron chi connectivity index (χ2n) is 2.89. The monoisotopic (exact) mass is 168 g/mol. The molecule has 1 N–H and O–H groups in total. The standard InChI is InChI=1S/C10H13FO/c1-3-9(12)10-7(2)5-4-6-8(10)11/h4-6,9,12H,3H2,1-2H3. The Kier molecular flexibility index (Phi) is 2.82. The van der Waals surface area contributed by atoms with Gasteiger partial charge in [0.05, 0.1) is 6.10 Å². The van der Waals surface area contributed by atoms with Gasteiger partial charge >= 0.3 is 0 Å². The van der Waals surface area contributed by atoms with Crippen LogP contribution in [0.3, 0.4) is 0 Å². The van der Waals surface area contributed by atoms with Gasteiger partial charge in [-0.3, -0.25) is 0 Å². The smallest absolute Gasteiger partial charge is 0.129 e. The van der Waals surface area contributed by atoms with Crippen molar-refractivity contribution in [3.63, 3.8) is 0 Å². The highest BCUT2D eigenvalue weighted by atomic mass is 19.1. The topological polar surface area (TPSA) is 20.2 Å². The van der Waals surface area contributed by atoms with Crippen molar-refractivity contribution in [3.05, 3.63) is 35.1 Å². The van der Waals surface area contributed by atoms with Crippen LogP contribution in [-0.4, -0.2) is 5.11 Å². The van der Waals surface area contributed by atoms with Crippen LogP contribution in [0.5, 0.6) is 0 Å². The Morgan fingerprint density at radius 1 is 1.50 bits per heavy atom. The van der Waals surface area contributed by atoms with Crippen LogP contribution in [-0.2, 0) is 0 Å². The van der Waals surface area contributed by atoms with Crippen molar-refractivity contribution < 1.29 is 9.50 Å². The zero-order valence-electron chi connectivity index (χ0n) is 7.34. The van der Waals surface area contributed by atoms with Gasteiger partial charge in [-0.1, -0.05) is 19.1 Å². The molecule has 12 heavy (non-hydrogen) atoms. The molecule has 0 amide bonds. The van der Waals surface area contributed by atoms with Crippen LogP contribution in [0, 0.1) is 12.7 Å². The first-order chi connectivity index (χ1) is 5.66. The van der Waals surface area contributed by atoms with Crippen LogP contribution in [0.15, 0.2) is 18.2 Å². The quantitative estimate of drug-likeness (QED) is 0.719. The molecule has 1 aromatic rings. The highest BCUT2D eigenvalue weighted by Gasteiger charge is 2.12. The second kappa shape index (κ2) is 3.68. The molecule has 66 valence electrons. The summed E-state index contributed by atoms with van der Waals surface area (Å²) in [5.41, 5.74) is 1.24. The summed E-state index contributed by atoms with van der Waals surface area (Å²) >= 11 is 0. The minimum absolute atomic E-state index is 0.315. The number of rotatable bonds is 2. The molecule has 0 bridgehead atoms. The largest absolute Gasteiger partial charge is 0.388 e. The molecule has 1 nitrogen and oxygen atoms in total. The summed E-state index contributed by atoms with van der Waals surface area (Å²) < 4.78 is 13.1. The van der Waals surface area contributed by atoms with Crippen molar-refractivity contribution >= 4 is 0 Å². The average Bonchev–Trinajstić information content (AvgIpc) is 2.03. The van der Waals surface area contributed by atoms with Crippen molar-refractivity contribution in [2.75, 3.05) is 0 Å². The maximum Gasteiger partial charge on any atom is 0.129 e. The van der Waals surface area contributed by atoms with Crippen molar-refractivity contribution in [2.45, 2.75) is 26.4 Å². The van der Waals surface area contributed by atoms with Gasteiger partial charge in [0.1, 0.15) is 5.82 Å². The van der Waals surface area contributed by atoms with Crippen molar-refractivity contribution in [1.29, 1.82) is 0 Å². The first-order valence-electron chi connectivity index (χ1n) is 4.10. The Bertz CT molecular complexity index is 250. The van der Waals surface area contributed by atoms with Crippen molar-refractivity contribution in [1.82, 2.24) is 0 Å². The van der Waals surface area contributed by atoms with Crippen LogP contribution in [0.25, 0.3) is 0 Å². The van der Waals surface area contributed by atoms with Crippen LogP contribution in [0.2, 0.25) is 0 Å². The molecule has 0 radical (unpaired) electrons. The van der Waals surface area contributed by atoms with E-state index in [1.165, 1.54) is 6.07 Å². The van der Waals surface area contributed by atoms with E-state index < -0.39 is 6.10 Å². The zero-order chi connectivity index (χ0) is 9.14. The maximum atomic E-state index is 13.1. The van der Waals surface area contributed by atoms with E-state index in [1.54, 1.807) is 19.1 Å². The Morgan fingerprint density at radius 3 is 2.67 bits per heavy atom. The number of aryl methyl sites for hydroxylation is 1. The lowest BCUT2D eigenvalue weighted by atomic mass is 10.0. The molecule has 1 atom stereocenters. The van der Waals surface area contributed by atoms with Crippen LogP contribution in [0.4, 0.5) is 4.39 Å². The molecule has 0 fully saturated rings. The van der Waals surface area contributed by atoms with Crippen LogP contribution < -0.4 is 0 Å². The third kappa shape index (κ3) is 1.64. The Balaban J connectivity index is 3.12. The number of aliphatic hydroxyl groups excluding tert-OH is 1. The number of hydrogen-bond acceptors (Lipinski definition) is 1. The zero-order valence-corrected chi connectivity index (χ0v) is 7.34.